The van der Waals surface area contributed by atoms with Gasteiger partial charge in [0.15, 0.2) is 0 Å². The molecule has 0 saturated heterocycles. The molecule has 0 fully saturated rings. The molecule has 18 heavy (non-hydrogen) atoms. The van der Waals surface area contributed by atoms with Gasteiger partial charge in [0.05, 0.1) is 12.8 Å². The minimum absolute atomic E-state index is 0.0749. The lowest BCUT2D eigenvalue weighted by molar-refractivity contribution is 0.0962. The number of amides is 1. The van der Waals surface area contributed by atoms with E-state index in [0.29, 0.717) is 12.1 Å². The minimum atomic E-state index is -0.0749. The van der Waals surface area contributed by atoms with Crippen LogP contribution in [-0.4, -0.2) is 13.0 Å². The summed E-state index contributed by atoms with van der Waals surface area (Å²) in [5.41, 5.74) is 2.55. The normalized spacial score (nSPS) is 10.1. The topological polar surface area (TPSA) is 54.3 Å². The summed E-state index contributed by atoms with van der Waals surface area (Å²) >= 11 is 0. The Morgan fingerprint density at radius 1 is 1.28 bits per heavy atom. The molecule has 4 nitrogen and oxygen atoms in total. The van der Waals surface area contributed by atoms with Crippen molar-refractivity contribution >= 4 is 11.6 Å². The summed E-state index contributed by atoms with van der Waals surface area (Å²) in [6, 6.07) is 9.38. The number of anilines is 1. The molecule has 0 radical (unpaired) electrons. The Balaban J connectivity index is 2.16. The molecule has 0 aliphatic rings. The van der Waals surface area contributed by atoms with E-state index < -0.39 is 0 Å². The van der Waals surface area contributed by atoms with Crippen LogP contribution in [0.3, 0.4) is 0 Å². The van der Waals surface area contributed by atoms with Crippen molar-refractivity contribution < 1.29 is 9.21 Å². The van der Waals surface area contributed by atoms with Crippen LogP contribution in [-0.2, 0) is 6.54 Å². The molecule has 4 heteroatoms. The van der Waals surface area contributed by atoms with Gasteiger partial charge in [0.25, 0.3) is 5.91 Å². The number of rotatable bonds is 4. The quantitative estimate of drug-likeness (QED) is 0.869. The van der Waals surface area contributed by atoms with E-state index in [1.807, 2.05) is 37.3 Å². The van der Waals surface area contributed by atoms with Gasteiger partial charge in [-0.05, 0) is 36.8 Å². The van der Waals surface area contributed by atoms with E-state index in [1.54, 1.807) is 13.3 Å². The maximum atomic E-state index is 11.7. The fraction of sp³-hybridized carbons (Fsp3) is 0.214. The van der Waals surface area contributed by atoms with Crippen LogP contribution in [0.2, 0.25) is 0 Å². The molecule has 1 aromatic heterocycles. The molecular weight excluding hydrogens is 228 g/mol. The van der Waals surface area contributed by atoms with Crippen LogP contribution in [0.25, 0.3) is 0 Å². The van der Waals surface area contributed by atoms with Gasteiger partial charge >= 0.3 is 0 Å². The summed E-state index contributed by atoms with van der Waals surface area (Å²) < 4.78 is 5.25. The van der Waals surface area contributed by atoms with Crippen molar-refractivity contribution in [3.05, 3.63) is 53.5 Å². The lowest BCUT2D eigenvalue weighted by Gasteiger charge is -2.11. The fourth-order valence-corrected chi connectivity index (χ4v) is 1.80. The predicted molar refractivity (Wildman–Crippen MR) is 70.6 cm³/mol. The first-order chi connectivity index (χ1) is 8.72. The van der Waals surface area contributed by atoms with Crippen molar-refractivity contribution in [2.75, 3.05) is 12.4 Å². The molecule has 0 unspecified atom stereocenters. The lowest BCUT2D eigenvalue weighted by atomic mass is 10.1. The van der Waals surface area contributed by atoms with Crippen LogP contribution < -0.4 is 10.6 Å². The first-order valence-corrected chi connectivity index (χ1v) is 5.80. The van der Waals surface area contributed by atoms with Gasteiger partial charge in [-0.2, -0.15) is 0 Å². The molecule has 94 valence electrons. The molecule has 0 aliphatic heterocycles. The second kappa shape index (κ2) is 5.40. The van der Waals surface area contributed by atoms with Gasteiger partial charge < -0.3 is 15.1 Å². The number of benzene rings is 1. The smallest absolute Gasteiger partial charge is 0.251 e. The highest BCUT2D eigenvalue weighted by Gasteiger charge is 2.09. The highest BCUT2D eigenvalue weighted by Crippen LogP contribution is 2.19. The van der Waals surface area contributed by atoms with Crippen molar-refractivity contribution in [2.24, 2.45) is 0 Å². The van der Waals surface area contributed by atoms with Gasteiger partial charge in [0, 0.05) is 18.3 Å². The maximum Gasteiger partial charge on any atom is 0.251 e. The molecule has 1 amide bonds. The van der Waals surface area contributed by atoms with Crippen LogP contribution in [0.5, 0.6) is 0 Å². The standard InChI is InChI=1S/C14H16N2O2/c1-10-12(14(17)15-2)6-3-7-13(10)16-9-11-5-4-8-18-11/h3-8,16H,9H2,1-2H3,(H,15,17). The number of furan rings is 1. The Hall–Kier alpha value is -2.23. The first-order valence-electron chi connectivity index (χ1n) is 5.80. The van der Waals surface area contributed by atoms with Crippen molar-refractivity contribution in [2.45, 2.75) is 13.5 Å². The summed E-state index contributed by atoms with van der Waals surface area (Å²) in [5.74, 6) is 0.786. The zero-order chi connectivity index (χ0) is 13.0. The lowest BCUT2D eigenvalue weighted by Crippen LogP contribution is -2.19. The summed E-state index contributed by atoms with van der Waals surface area (Å²) in [6.07, 6.45) is 1.64. The Kier molecular flexibility index (Phi) is 3.67. The van der Waals surface area contributed by atoms with Crippen molar-refractivity contribution in [1.29, 1.82) is 0 Å². The van der Waals surface area contributed by atoms with Crippen LogP contribution in [0.4, 0.5) is 5.69 Å². The predicted octanol–water partition coefficient (Wildman–Crippen LogP) is 2.56. The maximum absolute atomic E-state index is 11.7. The SMILES string of the molecule is CNC(=O)c1cccc(NCc2ccco2)c1C. The fourth-order valence-electron chi connectivity index (χ4n) is 1.80. The third-order valence-corrected chi connectivity index (χ3v) is 2.84. The monoisotopic (exact) mass is 244 g/mol. The van der Waals surface area contributed by atoms with Crippen molar-refractivity contribution in [3.8, 4) is 0 Å². The molecule has 2 rings (SSSR count). The van der Waals surface area contributed by atoms with Crippen LogP contribution in [0, 0.1) is 6.92 Å². The Morgan fingerprint density at radius 2 is 2.11 bits per heavy atom. The number of hydrogen-bond acceptors (Lipinski definition) is 3. The number of carbonyl (C=O) groups excluding carboxylic acids is 1. The second-order valence-corrected chi connectivity index (χ2v) is 3.99. The zero-order valence-electron chi connectivity index (χ0n) is 10.5. The Morgan fingerprint density at radius 3 is 2.78 bits per heavy atom. The molecular formula is C14H16N2O2. The molecule has 0 saturated carbocycles. The molecule has 2 N–H and O–H groups in total. The number of hydrogen-bond donors (Lipinski definition) is 2. The van der Waals surface area contributed by atoms with Gasteiger partial charge in [0.1, 0.15) is 5.76 Å². The first kappa shape index (κ1) is 12.2. The van der Waals surface area contributed by atoms with E-state index in [0.717, 1.165) is 17.0 Å². The number of carbonyl (C=O) groups is 1. The van der Waals surface area contributed by atoms with E-state index in [4.69, 9.17) is 4.42 Å². The largest absolute Gasteiger partial charge is 0.467 e. The third-order valence-electron chi connectivity index (χ3n) is 2.84. The summed E-state index contributed by atoms with van der Waals surface area (Å²) in [5, 5.41) is 5.89. The van der Waals surface area contributed by atoms with E-state index >= 15 is 0 Å². The van der Waals surface area contributed by atoms with Crippen LogP contribution in [0.15, 0.2) is 41.0 Å². The molecule has 0 atom stereocenters. The molecule has 1 aromatic carbocycles. The highest BCUT2D eigenvalue weighted by atomic mass is 16.3. The molecule has 0 bridgehead atoms. The van der Waals surface area contributed by atoms with E-state index in [2.05, 4.69) is 10.6 Å². The van der Waals surface area contributed by atoms with Gasteiger partial charge in [0.2, 0.25) is 0 Å². The Bertz CT molecular complexity index is 533. The third kappa shape index (κ3) is 2.53. The molecule has 2 aromatic rings. The molecule has 0 spiro atoms. The molecule has 1 heterocycles. The van der Waals surface area contributed by atoms with E-state index in [-0.39, 0.29) is 5.91 Å². The van der Waals surface area contributed by atoms with E-state index in [9.17, 15) is 4.79 Å². The average Bonchev–Trinajstić information content (AvgIpc) is 2.90. The minimum Gasteiger partial charge on any atom is -0.467 e. The average molecular weight is 244 g/mol. The van der Waals surface area contributed by atoms with Gasteiger partial charge in [-0.3, -0.25) is 4.79 Å². The van der Waals surface area contributed by atoms with Crippen LogP contribution in [0.1, 0.15) is 21.7 Å². The van der Waals surface area contributed by atoms with Gasteiger partial charge in [-0.1, -0.05) is 6.07 Å². The molecule has 0 aliphatic carbocycles. The second-order valence-electron chi connectivity index (χ2n) is 3.99. The summed E-state index contributed by atoms with van der Waals surface area (Å²) in [7, 11) is 1.63. The Labute approximate surface area is 106 Å². The van der Waals surface area contributed by atoms with Gasteiger partial charge in [-0.15, -0.1) is 0 Å². The van der Waals surface area contributed by atoms with Crippen LogP contribution >= 0.6 is 0 Å². The summed E-state index contributed by atoms with van der Waals surface area (Å²) in [6.45, 7) is 2.53. The highest BCUT2D eigenvalue weighted by molar-refractivity contribution is 5.96. The van der Waals surface area contributed by atoms with Crippen molar-refractivity contribution in [3.63, 3.8) is 0 Å². The summed E-state index contributed by atoms with van der Waals surface area (Å²) in [4.78, 5) is 11.7. The van der Waals surface area contributed by atoms with E-state index in [1.165, 1.54) is 0 Å². The zero-order valence-corrected chi connectivity index (χ0v) is 10.5. The van der Waals surface area contributed by atoms with Crippen molar-refractivity contribution in [1.82, 2.24) is 5.32 Å². The van der Waals surface area contributed by atoms with Gasteiger partial charge in [-0.25, -0.2) is 0 Å². The number of nitrogens with one attached hydrogen (secondary N) is 2.